The van der Waals surface area contributed by atoms with E-state index in [1.165, 1.54) is 25.3 Å². The lowest BCUT2D eigenvalue weighted by molar-refractivity contribution is -0.385. The van der Waals surface area contributed by atoms with Gasteiger partial charge in [0.1, 0.15) is 12.2 Å². The second-order valence-corrected chi connectivity index (χ2v) is 15.6. The van der Waals surface area contributed by atoms with Gasteiger partial charge in [0.2, 0.25) is 0 Å². The van der Waals surface area contributed by atoms with E-state index in [2.05, 4.69) is 47.0 Å². The number of ether oxygens (including phenoxy) is 3. The molecule has 0 bridgehead atoms. The highest BCUT2D eigenvalue weighted by Gasteiger charge is 2.40. The molecule has 1 saturated heterocycles. The third-order valence-corrected chi connectivity index (χ3v) is 11.4. The minimum Gasteiger partial charge on any atom is -0.493 e. The van der Waals surface area contributed by atoms with Crippen molar-refractivity contribution < 1.29 is 33.1 Å². The molecule has 210 valence electrons. The molecule has 1 aromatic carbocycles. The average Bonchev–Trinajstić information content (AvgIpc) is 3.22. The highest BCUT2D eigenvalue weighted by Crippen LogP contribution is 2.39. The summed E-state index contributed by atoms with van der Waals surface area (Å²) in [5.74, 6) is -0.597. The Balaban J connectivity index is 2.23. The van der Waals surface area contributed by atoms with Gasteiger partial charge in [0.05, 0.1) is 37.4 Å². The number of carbonyl (C=O) groups excluding carboxylic acids is 2. The zero-order chi connectivity index (χ0) is 28.7. The van der Waals surface area contributed by atoms with Gasteiger partial charge in [-0.25, -0.2) is 0 Å². The van der Waals surface area contributed by atoms with Crippen molar-refractivity contribution in [1.82, 2.24) is 4.90 Å². The number of rotatable bonds is 13. The zero-order valence-corrected chi connectivity index (χ0v) is 24.3. The van der Waals surface area contributed by atoms with Crippen molar-refractivity contribution in [3.8, 4) is 11.5 Å². The molecule has 0 aliphatic carbocycles. The number of nitro groups is 1. The Kier molecular flexibility index (Phi) is 10.7. The van der Waals surface area contributed by atoms with Crippen molar-refractivity contribution >= 4 is 25.9 Å². The summed E-state index contributed by atoms with van der Waals surface area (Å²) in [4.78, 5) is 38.2. The van der Waals surface area contributed by atoms with Crippen LogP contribution in [0.25, 0.3) is 0 Å². The number of nitro benzene ring substituents is 1. The average molecular weight is 549 g/mol. The van der Waals surface area contributed by atoms with Crippen molar-refractivity contribution in [3.63, 3.8) is 0 Å². The fourth-order valence-electron chi connectivity index (χ4n) is 3.71. The standard InChI is InChI=1S/C27H40N2O8Si/c1-9-12-36-25(30)11-10-13-35-24-16-22(29(32)33)21(15-23(24)34-6)26(31)28-17-19(2)14-20(28)18-37-38(7,8)27(3,4)5/h9,15-16,20H,1-2,10-14,17-18H2,3-8H3/t20-/m0/s1. The van der Waals surface area contributed by atoms with Crippen molar-refractivity contribution in [2.75, 3.05) is 33.5 Å². The molecule has 0 radical (unpaired) electrons. The smallest absolute Gasteiger partial charge is 0.306 e. The van der Waals surface area contributed by atoms with E-state index in [1.807, 2.05) is 0 Å². The summed E-state index contributed by atoms with van der Waals surface area (Å²) in [6, 6.07) is 2.25. The molecule has 1 atom stereocenters. The topological polar surface area (TPSA) is 117 Å². The van der Waals surface area contributed by atoms with Gasteiger partial charge < -0.3 is 23.5 Å². The van der Waals surface area contributed by atoms with Crippen LogP contribution in [0.3, 0.4) is 0 Å². The van der Waals surface area contributed by atoms with Crippen molar-refractivity contribution in [1.29, 1.82) is 0 Å². The number of amides is 1. The second-order valence-electron chi connectivity index (χ2n) is 10.8. The van der Waals surface area contributed by atoms with Crippen LogP contribution in [0.5, 0.6) is 11.5 Å². The molecule has 0 N–H and O–H groups in total. The number of carbonyl (C=O) groups is 2. The Bertz CT molecular complexity index is 1060. The third kappa shape index (κ3) is 7.91. The molecule has 0 aromatic heterocycles. The molecule has 1 aromatic rings. The van der Waals surface area contributed by atoms with E-state index in [0.29, 0.717) is 26.0 Å². The molecule has 10 nitrogen and oxygen atoms in total. The minimum atomic E-state index is -2.06. The number of hydrogen-bond donors (Lipinski definition) is 0. The van der Waals surface area contributed by atoms with Crippen LogP contribution in [-0.2, 0) is 14.0 Å². The normalized spacial score (nSPS) is 15.8. The van der Waals surface area contributed by atoms with Gasteiger partial charge in [-0.3, -0.25) is 19.7 Å². The molecule has 38 heavy (non-hydrogen) atoms. The summed E-state index contributed by atoms with van der Waals surface area (Å²) in [5.41, 5.74) is 0.375. The van der Waals surface area contributed by atoms with Gasteiger partial charge >= 0.3 is 5.97 Å². The summed E-state index contributed by atoms with van der Waals surface area (Å²) in [6.07, 6.45) is 2.50. The largest absolute Gasteiger partial charge is 0.493 e. The summed E-state index contributed by atoms with van der Waals surface area (Å²) >= 11 is 0. The molecule has 11 heteroatoms. The number of likely N-dealkylation sites (tertiary alicyclic amines) is 1. The molecule has 1 fully saturated rings. The van der Waals surface area contributed by atoms with E-state index in [9.17, 15) is 19.7 Å². The van der Waals surface area contributed by atoms with Gasteiger partial charge in [-0.2, -0.15) is 0 Å². The highest BCUT2D eigenvalue weighted by atomic mass is 28.4. The Hall–Kier alpha value is -3.18. The van der Waals surface area contributed by atoms with Crippen molar-refractivity contribution in [3.05, 3.63) is 52.6 Å². The molecule has 0 unspecified atom stereocenters. The van der Waals surface area contributed by atoms with Gasteiger partial charge in [0.15, 0.2) is 19.8 Å². The fourth-order valence-corrected chi connectivity index (χ4v) is 4.75. The predicted molar refractivity (Wildman–Crippen MR) is 147 cm³/mol. The van der Waals surface area contributed by atoms with Gasteiger partial charge in [0.25, 0.3) is 11.6 Å². The molecule has 1 aliphatic heterocycles. The molecule has 2 rings (SSSR count). The highest BCUT2D eigenvalue weighted by molar-refractivity contribution is 6.74. The van der Waals surface area contributed by atoms with Gasteiger partial charge in [-0.05, 0) is 31.0 Å². The summed E-state index contributed by atoms with van der Waals surface area (Å²) in [7, 11) is -0.674. The summed E-state index contributed by atoms with van der Waals surface area (Å²) in [6.45, 7) is 19.1. The molecule has 0 saturated carbocycles. The lowest BCUT2D eigenvalue weighted by Crippen LogP contribution is -2.46. The second kappa shape index (κ2) is 13.1. The monoisotopic (exact) mass is 548 g/mol. The first-order chi connectivity index (χ1) is 17.7. The lowest BCUT2D eigenvalue weighted by atomic mass is 10.1. The van der Waals surface area contributed by atoms with E-state index in [1.54, 1.807) is 4.90 Å². The lowest BCUT2D eigenvalue weighted by Gasteiger charge is -2.38. The number of esters is 1. The summed E-state index contributed by atoms with van der Waals surface area (Å²) < 4.78 is 22.3. The first kappa shape index (κ1) is 31.0. The van der Waals surface area contributed by atoms with Gasteiger partial charge in [-0.1, -0.05) is 45.6 Å². The van der Waals surface area contributed by atoms with Crippen LogP contribution in [0.1, 0.15) is 50.4 Å². The van der Waals surface area contributed by atoms with Gasteiger partial charge in [-0.15, -0.1) is 0 Å². The van der Waals surface area contributed by atoms with E-state index < -0.39 is 30.8 Å². The Morgan fingerprint density at radius 3 is 2.53 bits per heavy atom. The summed E-state index contributed by atoms with van der Waals surface area (Å²) in [5, 5.41) is 12.0. The van der Waals surface area contributed by atoms with Crippen LogP contribution < -0.4 is 9.47 Å². The first-order valence-electron chi connectivity index (χ1n) is 12.6. The molecule has 0 spiro atoms. The van der Waals surface area contributed by atoms with E-state index in [0.717, 1.165) is 5.57 Å². The molecule has 1 amide bonds. The Labute approximate surface area is 225 Å². The number of methoxy groups -OCH3 is 1. The quantitative estimate of drug-likeness (QED) is 0.0816. The Morgan fingerprint density at radius 1 is 1.26 bits per heavy atom. The van der Waals surface area contributed by atoms with Crippen LogP contribution in [0.2, 0.25) is 18.1 Å². The van der Waals surface area contributed by atoms with Crippen molar-refractivity contribution in [2.45, 2.75) is 64.2 Å². The number of hydrogen-bond acceptors (Lipinski definition) is 8. The van der Waals surface area contributed by atoms with E-state index in [-0.39, 0.29) is 47.8 Å². The van der Waals surface area contributed by atoms with Crippen LogP contribution in [-0.4, -0.2) is 69.5 Å². The minimum absolute atomic E-state index is 0.00530. The molecule has 1 heterocycles. The van der Waals surface area contributed by atoms with Crippen LogP contribution in [0.4, 0.5) is 5.69 Å². The molecule has 1 aliphatic rings. The van der Waals surface area contributed by atoms with E-state index in [4.69, 9.17) is 18.6 Å². The van der Waals surface area contributed by atoms with Crippen LogP contribution in [0, 0.1) is 10.1 Å². The zero-order valence-electron chi connectivity index (χ0n) is 23.3. The van der Waals surface area contributed by atoms with Crippen LogP contribution >= 0.6 is 0 Å². The number of nitrogens with zero attached hydrogens (tertiary/aromatic N) is 2. The van der Waals surface area contributed by atoms with Gasteiger partial charge in [0, 0.05) is 19.0 Å². The number of benzene rings is 1. The predicted octanol–water partition coefficient (Wildman–Crippen LogP) is 5.28. The maximum atomic E-state index is 13.6. The maximum Gasteiger partial charge on any atom is 0.306 e. The third-order valence-electron chi connectivity index (χ3n) is 6.92. The van der Waals surface area contributed by atoms with Crippen LogP contribution in [0.15, 0.2) is 36.9 Å². The fraction of sp³-hybridized carbons (Fsp3) is 0.556. The molecular formula is C27H40N2O8Si. The molecular weight excluding hydrogens is 508 g/mol. The first-order valence-corrected chi connectivity index (χ1v) is 15.5. The van der Waals surface area contributed by atoms with E-state index >= 15 is 0 Å². The Morgan fingerprint density at radius 2 is 1.95 bits per heavy atom. The maximum absolute atomic E-state index is 13.6. The van der Waals surface area contributed by atoms with Crippen molar-refractivity contribution in [2.24, 2.45) is 0 Å². The SMILES string of the molecule is C=CCOC(=O)CCCOc1cc([N+](=O)[O-])c(C(=O)N2CC(=C)C[C@H]2CO[Si](C)(C)C(C)(C)C)cc1OC.